The molecule has 1 rings (SSSR count). The molecule has 1 aromatic heterocycles. The molecular formula is C10H17N3O2. The van der Waals surface area contributed by atoms with Crippen LogP contribution in [0.4, 0.5) is 0 Å². The van der Waals surface area contributed by atoms with Crippen molar-refractivity contribution in [2.75, 3.05) is 6.54 Å². The number of carbonyl (C=O) groups excluding carboxylic acids is 1. The number of hydrogen-bond donors (Lipinski definition) is 2. The first-order valence-corrected chi connectivity index (χ1v) is 5.15. The second-order valence-corrected chi connectivity index (χ2v) is 3.22. The lowest BCUT2D eigenvalue weighted by molar-refractivity contribution is -0.119. The van der Waals surface area contributed by atoms with Crippen LogP contribution in [0.1, 0.15) is 30.9 Å². The fourth-order valence-corrected chi connectivity index (χ4v) is 1.40. The Labute approximate surface area is 89.0 Å². The van der Waals surface area contributed by atoms with Crippen molar-refractivity contribution in [3.63, 3.8) is 0 Å². The summed E-state index contributed by atoms with van der Waals surface area (Å²) < 4.78 is 5.17. The number of hydrogen-bond acceptors (Lipinski definition) is 4. The molecule has 0 aliphatic carbocycles. The Morgan fingerprint density at radius 1 is 1.47 bits per heavy atom. The topological polar surface area (TPSA) is 81.2 Å². The Morgan fingerprint density at radius 3 is 2.73 bits per heavy atom. The zero-order chi connectivity index (χ0) is 11.3. The first-order chi connectivity index (χ1) is 7.22. The minimum Gasteiger partial charge on any atom is -0.361 e. The molecule has 1 amide bonds. The van der Waals surface area contributed by atoms with Crippen LogP contribution in [-0.2, 0) is 24.2 Å². The Bertz CT molecular complexity index is 312. The average Bonchev–Trinajstić information content (AvgIpc) is 2.67. The molecular weight excluding hydrogens is 194 g/mol. The molecule has 1 aromatic rings. The maximum Gasteiger partial charge on any atom is 0.234 e. The Morgan fingerprint density at radius 2 is 2.20 bits per heavy atom. The van der Waals surface area contributed by atoms with Crippen molar-refractivity contribution in [3.05, 3.63) is 17.0 Å². The first-order valence-electron chi connectivity index (χ1n) is 5.15. The number of nitrogens with one attached hydrogen (secondary N) is 1. The van der Waals surface area contributed by atoms with Gasteiger partial charge in [-0.3, -0.25) is 4.79 Å². The van der Waals surface area contributed by atoms with Crippen LogP contribution in [0, 0.1) is 0 Å². The molecule has 0 aromatic carbocycles. The van der Waals surface area contributed by atoms with Gasteiger partial charge in [-0.05, 0) is 6.42 Å². The monoisotopic (exact) mass is 211 g/mol. The number of aromatic nitrogens is 1. The van der Waals surface area contributed by atoms with Crippen LogP contribution >= 0.6 is 0 Å². The molecule has 15 heavy (non-hydrogen) atoms. The van der Waals surface area contributed by atoms with E-state index >= 15 is 0 Å². The maximum atomic E-state index is 11.0. The SMILES string of the molecule is CCc1noc(CC)c1CNC(=O)CN. The third kappa shape index (κ3) is 2.79. The zero-order valence-corrected chi connectivity index (χ0v) is 9.17. The van der Waals surface area contributed by atoms with Gasteiger partial charge in [-0.2, -0.15) is 0 Å². The highest BCUT2D eigenvalue weighted by Crippen LogP contribution is 2.15. The van der Waals surface area contributed by atoms with Gasteiger partial charge in [-0.1, -0.05) is 19.0 Å². The molecule has 0 fully saturated rings. The lowest BCUT2D eigenvalue weighted by atomic mass is 10.1. The molecule has 0 atom stereocenters. The van der Waals surface area contributed by atoms with E-state index in [1.165, 1.54) is 0 Å². The van der Waals surface area contributed by atoms with Crippen molar-refractivity contribution in [1.29, 1.82) is 0 Å². The van der Waals surface area contributed by atoms with Crippen molar-refractivity contribution in [3.8, 4) is 0 Å². The summed E-state index contributed by atoms with van der Waals surface area (Å²) in [7, 11) is 0. The van der Waals surface area contributed by atoms with Crippen LogP contribution in [-0.4, -0.2) is 17.6 Å². The molecule has 84 valence electrons. The van der Waals surface area contributed by atoms with Gasteiger partial charge >= 0.3 is 0 Å². The molecule has 0 radical (unpaired) electrons. The molecule has 0 unspecified atom stereocenters. The van der Waals surface area contributed by atoms with E-state index in [2.05, 4.69) is 10.5 Å². The second-order valence-electron chi connectivity index (χ2n) is 3.22. The van der Waals surface area contributed by atoms with Gasteiger partial charge in [0.15, 0.2) is 0 Å². The molecule has 0 saturated heterocycles. The largest absolute Gasteiger partial charge is 0.361 e. The molecule has 5 heteroatoms. The maximum absolute atomic E-state index is 11.0. The molecule has 1 heterocycles. The molecule has 5 nitrogen and oxygen atoms in total. The van der Waals surface area contributed by atoms with Crippen LogP contribution in [0.25, 0.3) is 0 Å². The summed E-state index contributed by atoms with van der Waals surface area (Å²) in [5.41, 5.74) is 7.10. The van der Waals surface area contributed by atoms with E-state index in [1.54, 1.807) is 0 Å². The van der Waals surface area contributed by atoms with Crippen LogP contribution in [0.2, 0.25) is 0 Å². The first kappa shape index (κ1) is 11.7. The van der Waals surface area contributed by atoms with E-state index in [0.717, 1.165) is 29.9 Å². The third-order valence-corrected chi connectivity index (χ3v) is 2.25. The van der Waals surface area contributed by atoms with Crippen molar-refractivity contribution < 1.29 is 9.32 Å². The Balaban J connectivity index is 2.72. The minimum atomic E-state index is -0.166. The highest BCUT2D eigenvalue weighted by molar-refractivity contribution is 5.77. The standard InChI is InChI=1S/C10H17N3O2/c1-3-8-7(6-12-10(14)5-11)9(4-2)15-13-8/h3-6,11H2,1-2H3,(H,12,14). The minimum absolute atomic E-state index is 0.00813. The van der Waals surface area contributed by atoms with Crippen molar-refractivity contribution in [1.82, 2.24) is 10.5 Å². The fraction of sp³-hybridized carbons (Fsp3) is 0.600. The lowest BCUT2D eigenvalue weighted by Crippen LogP contribution is -2.30. The summed E-state index contributed by atoms with van der Waals surface area (Å²) in [6.07, 6.45) is 1.58. The molecule has 0 spiro atoms. The Kier molecular flexibility index (Phi) is 4.30. The normalized spacial score (nSPS) is 10.3. The quantitative estimate of drug-likeness (QED) is 0.737. The fourth-order valence-electron chi connectivity index (χ4n) is 1.40. The van der Waals surface area contributed by atoms with Crippen LogP contribution < -0.4 is 11.1 Å². The predicted octanol–water partition coefficient (Wildman–Crippen LogP) is 0.374. The molecule has 0 bridgehead atoms. The van der Waals surface area contributed by atoms with Crippen LogP contribution in [0.5, 0.6) is 0 Å². The number of nitrogens with two attached hydrogens (primary N) is 1. The summed E-state index contributed by atoms with van der Waals surface area (Å²) in [5.74, 6) is 0.671. The molecule has 0 aliphatic heterocycles. The average molecular weight is 211 g/mol. The van der Waals surface area contributed by atoms with Gasteiger partial charge in [0.2, 0.25) is 5.91 Å². The number of amides is 1. The number of carbonyl (C=O) groups is 1. The van der Waals surface area contributed by atoms with Crippen molar-refractivity contribution in [2.45, 2.75) is 33.2 Å². The van der Waals surface area contributed by atoms with Gasteiger partial charge in [0.1, 0.15) is 5.76 Å². The summed E-state index contributed by atoms with van der Waals surface area (Å²) in [4.78, 5) is 11.0. The van der Waals surface area contributed by atoms with E-state index in [1.807, 2.05) is 13.8 Å². The van der Waals surface area contributed by atoms with Gasteiger partial charge in [-0.25, -0.2) is 0 Å². The number of aryl methyl sites for hydroxylation is 2. The van der Waals surface area contributed by atoms with Gasteiger partial charge in [-0.15, -0.1) is 0 Å². The van der Waals surface area contributed by atoms with E-state index in [9.17, 15) is 4.79 Å². The molecule has 0 aliphatic rings. The summed E-state index contributed by atoms with van der Waals surface area (Å²) in [6, 6.07) is 0. The van der Waals surface area contributed by atoms with Gasteiger partial charge in [0.05, 0.1) is 12.2 Å². The summed E-state index contributed by atoms with van der Waals surface area (Å²) in [5, 5.41) is 6.67. The third-order valence-electron chi connectivity index (χ3n) is 2.25. The van der Waals surface area contributed by atoms with E-state index in [0.29, 0.717) is 6.54 Å². The highest BCUT2D eigenvalue weighted by atomic mass is 16.5. The van der Waals surface area contributed by atoms with Gasteiger partial charge in [0.25, 0.3) is 0 Å². The molecule has 0 saturated carbocycles. The van der Waals surface area contributed by atoms with Crippen molar-refractivity contribution in [2.24, 2.45) is 5.73 Å². The second kappa shape index (κ2) is 5.50. The molecule has 3 N–H and O–H groups in total. The smallest absolute Gasteiger partial charge is 0.234 e. The van der Waals surface area contributed by atoms with E-state index in [4.69, 9.17) is 10.3 Å². The van der Waals surface area contributed by atoms with E-state index < -0.39 is 0 Å². The van der Waals surface area contributed by atoms with E-state index in [-0.39, 0.29) is 12.5 Å². The zero-order valence-electron chi connectivity index (χ0n) is 9.17. The Hall–Kier alpha value is -1.36. The lowest BCUT2D eigenvalue weighted by Gasteiger charge is -2.03. The van der Waals surface area contributed by atoms with Gasteiger partial charge in [0, 0.05) is 18.5 Å². The summed E-state index contributed by atoms with van der Waals surface area (Å²) in [6.45, 7) is 4.46. The van der Waals surface area contributed by atoms with Crippen LogP contribution in [0.3, 0.4) is 0 Å². The number of rotatable bonds is 5. The van der Waals surface area contributed by atoms with Gasteiger partial charge < -0.3 is 15.6 Å². The van der Waals surface area contributed by atoms with Crippen LogP contribution in [0.15, 0.2) is 4.52 Å². The highest BCUT2D eigenvalue weighted by Gasteiger charge is 2.13. The predicted molar refractivity (Wildman–Crippen MR) is 56.2 cm³/mol. The van der Waals surface area contributed by atoms with Crippen molar-refractivity contribution >= 4 is 5.91 Å². The number of nitrogens with zero attached hydrogens (tertiary/aromatic N) is 1. The summed E-state index contributed by atoms with van der Waals surface area (Å²) >= 11 is 0.